The zero-order chi connectivity index (χ0) is 17.5. The third-order valence-electron chi connectivity index (χ3n) is 3.67. The fraction of sp³-hybridized carbons (Fsp3) is 0.263. The first-order chi connectivity index (χ1) is 11.5. The second-order valence-electron chi connectivity index (χ2n) is 5.68. The number of carbonyl (C=O) groups excluding carboxylic acids is 2. The van der Waals surface area contributed by atoms with Gasteiger partial charge in [0.15, 0.2) is 6.61 Å². The lowest BCUT2D eigenvalue weighted by Gasteiger charge is -2.12. The highest BCUT2D eigenvalue weighted by Gasteiger charge is 2.14. The Morgan fingerprint density at radius 1 is 1.17 bits per heavy atom. The Morgan fingerprint density at radius 2 is 1.88 bits per heavy atom. The number of hydrogen-bond donors (Lipinski definition) is 1. The fourth-order valence-electron chi connectivity index (χ4n) is 2.31. The van der Waals surface area contributed by atoms with Crippen LogP contribution in [0.25, 0.3) is 0 Å². The highest BCUT2D eigenvalue weighted by Crippen LogP contribution is 2.20. The third kappa shape index (κ3) is 5.49. The summed E-state index contributed by atoms with van der Waals surface area (Å²) in [6, 6.07) is 15.3. The Balaban J connectivity index is 1.80. The first kappa shape index (κ1) is 18.2. The quantitative estimate of drug-likeness (QED) is 0.743. The van der Waals surface area contributed by atoms with E-state index in [2.05, 4.69) is 21.2 Å². The smallest absolute Gasteiger partial charge is 0.306 e. The van der Waals surface area contributed by atoms with E-state index in [-0.39, 0.29) is 30.8 Å². The van der Waals surface area contributed by atoms with Crippen molar-refractivity contribution in [2.24, 2.45) is 0 Å². The van der Waals surface area contributed by atoms with E-state index in [1.54, 1.807) is 6.07 Å². The van der Waals surface area contributed by atoms with Crippen LogP contribution in [0.15, 0.2) is 53.0 Å². The lowest BCUT2D eigenvalue weighted by atomic mass is 9.98. The minimum Gasteiger partial charge on any atom is -0.456 e. The summed E-state index contributed by atoms with van der Waals surface area (Å²) in [6.45, 7) is 3.58. The van der Waals surface area contributed by atoms with Gasteiger partial charge in [0.2, 0.25) is 0 Å². The van der Waals surface area contributed by atoms with Gasteiger partial charge in [-0.2, -0.15) is 0 Å². The summed E-state index contributed by atoms with van der Waals surface area (Å²) in [6.07, 6.45) is 0.245. The number of amides is 1. The topological polar surface area (TPSA) is 55.4 Å². The molecule has 0 saturated heterocycles. The number of esters is 1. The maximum Gasteiger partial charge on any atom is 0.306 e. The molecule has 0 heterocycles. The summed E-state index contributed by atoms with van der Waals surface area (Å²) in [5.41, 5.74) is 2.71. The number of benzene rings is 2. The van der Waals surface area contributed by atoms with Crippen LogP contribution in [0.2, 0.25) is 0 Å². The van der Waals surface area contributed by atoms with Crippen LogP contribution in [0.1, 0.15) is 30.4 Å². The van der Waals surface area contributed by atoms with Crippen LogP contribution in [0.3, 0.4) is 0 Å². The average Bonchev–Trinajstić information content (AvgIpc) is 2.56. The van der Waals surface area contributed by atoms with Crippen molar-refractivity contribution in [1.29, 1.82) is 0 Å². The predicted octanol–water partition coefficient (Wildman–Crippen LogP) is 4.43. The number of hydrogen-bond acceptors (Lipinski definition) is 3. The maximum atomic E-state index is 11.9. The molecule has 0 spiro atoms. The van der Waals surface area contributed by atoms with Gasteiger partial charge in [-0.3, -0.25) is 9.59 Å². The minimum atomic E-state index is -0.381. The van der Waals surface area contributed by atoms with E-state index >= 15 is 0 Å². The van der Waals surface area contributed by atoms with Crippen molar-refractivity contribution >= 4 is 33.5 Å². The van der Waals surface area contributed by atoms with Crippen LogP contribution in [0, 0.1) is 6.92 Å². The van der Waals surface area contributed by atoms with E-state index < -0.39 is 0 Å². The summed E-state index contributed by atoms with van der Waals surface area (Å²) in [5.74, 6) is -0.675. The minimum absolute atomic E-state index is 0.0514. The van der Waals surface area contributed by atoms with Gasteiger partial charge in [0.05, 0.1) is 6.42 Å². The molecule has 0 bridgehead atoms. The molecule has 0 aromatic heterocycles. The van der Waals surface area contributed by atoms with Crippen molar-refractivity contribution in [3.05, 3.63) is 64.1 Å². The predicted molar refractivity (Wildman–Crippen MR) is 97.9 cm³/mol. The second-order valence-corrected chi connectivity index (χ2v) is 6.60. The van der Waals surface area contributed by atoms with E-state index in [0.29, 0.717) is 5.69 Å². The summed E-state index contributed by atoms with van der Waals surface area (Å²) in [5, 5.41) is 2.74. The van der Waals surface area contributed by atoms with Gasteiger partial charge < -0.3 is 10.1 Å². The number of ether oxygens (including phenoxy) is 1. The molecule has 0 aliphatic rings. The number of halogens is 1. The largest absolute Gasteiger partial charge is 0.456 e. The number of nitrogens with one attached hydrogen (secondary N) is 1. The van der Waals surface area contributed by atoms with E-state index in [1.165, 1.54) is 0 Å². The van der Waals surface area contributed by atoms with E-state index in [4.69, 9.17) is 4.74 Å². The molecule has 0 aliphatic carbocycles. The molecule has 24 heavy (non-hydrogen) atoms. The van der Waals surface area contributed by atoms with Gasteiger partial charge in [0, 0.05) is 10.2 Å². The highest BCUT2D eigenvalue weighted by molar-refractivity contribution is 9.10. The average molecular weight is 390 g/mol. The Labute approximate surface area is 150 Å². The molecule has 4 nitrogen and oxygen atoms in total. The molecular weight excluding hydrogens is 370 g/mol. The van der Waals surface area contributed by atoms with Crippen LogP contribution >= 0.6 is 15.9 Å². The van der Waals surface area contributed by atoms with E-state index in [9.17, 15) is 9.59 Å². The van der Waals surface area contributed by atoms with Gasteiger partial charge in [0.25, 0.3) is 5.91 Å². The van der Waals surface area contributed by atoms with Crippen molar-refractivity contribution in [1.82, 2.24) is 0 Å². The first-order valence-electron chi connectivity index (χ1n) is 7.72. The van der Waals surface area contributed by atoms with Gasteiger partial charge in [-0.15, -0.1) is 0 Å². The van der Waals surface area contributed by atoms with Crippen molar-refractivity contribution in [2.45, 2.75) is 26.2 Å². The Hall–Kier alpha value is -2.14. The van der Waals surface area contributed by atoms with Crippen molar-refractivity contribution in [3.8, 4) is 0 Å². The number of carbonyl (C=O) groups is 2. The van der Waals surface area contributed by atoms with Crippen LogP contribution in [-0.2, 0) is 14.3 Å². The van der Waals surface area contributed by atoms with Crippen LogP contribution in [0.5, 0.6) is 0 Å². The van der Waals surface area contributed by atoms with Gasteiger partial charge in [-0.1, -0.05) is 53.2 Å². The van der Waals surface area contributed by atoms with Gasteiger partial charge >= 0.3 is 5.97 Å². The zero-order valence-corrected chi connectivity index (χ0v) is 15.3. The molecule has 1 amide bonds. The molecule has 5 heteroatoms. The third-order valence-corrected chi connectivity index (χ3v) is 4.16. The first-order valence-corrected chi connectivity index (χ1v) is 8.51. The lowest BCUT2D eigenvalue weighted by molar-refractivity contribution is -0.147. The maximum absolute atomic E-state index is 11.9. The monoisotopic (exact) mass is 389 g/mol. The SMILES string of the molecule is Cc1cc(Br)ccc1NC(=O)COC(=O)C[C@@H](C)c1ccccc1. The Morgan fingerprint density at radius 3 is 2.54 bits per heavy atom. The molecule has 0 radical (unpaired) electrons. The molecule has 0 unspecified atom stereocenters. The molecule has 0 aliphatic heterocycles. The van der Waals surface area contributed by atoms with Crippen LogP contribution < -0.4 is 5.32 Å². The number of aryl methyl sites for hydroxylation is 1. The van der Waals surface area contributed by atoms with E-state index in [1.807, 2.05) is 56.3 Å². The van der Waals surface area contributed by atoms with Crippen molar-refractivity contribution < 1.29 is 14.3 Å². The summed E-state index contributed by atoms with van der Waals surface area (Å²) >= 11 is 3.37. The molecule has 0 saturated carbocycles. The van der Waals surface area contributed by atoms with Gasteiger partial charge in [0.1, 0.15) is 0 Å². The van der Waals surface area contributed by atoms with Crippen LogP contribution in [0.4, 0.5) is 5.69 Å². The molecule has 2 rings (SSSR count). The Kier molecular flexibility index (Phi) is 6.55. The highest BCUT2D eigenvalue weighted by atomic mass is 79.9. The lowest BCUT2D eigenvalue weighted by Crippen LogP contribution is -2.21. The van der Waals surface area contributed by atoms with Gasteiger partial charge in [-0.05, 0) is 42.2 Å². The fourth-order valence-corrected chi connectivity index (χ4v) is 2.78. The zero-order valence-electron chi connectivity index (χ0n) is 13.7. The molecular formula is C19H20BrNO3. The number of anilines is 1. The molecule has 2 aromatic rings. The molecule has 126 valence electrons. The van der Waals surface area contributed by atoms with Gasteiger partial charge in [-0.25, -0.2) is 0 Å². The normalized spacial score (nSPS) is 11.6. The van der Waals surface area contributed by atoms with Crippen molar-refractivity contribution in [2.75, 3.05) is 11.9 Å². The van der Waals surface area contributed by atoms with Crippen molar-refractivity contribution in [3.63, 3.8) is 0 Å². The molecule has 1 atom stereocenters. The Bertz CT molecular complexity index is 716. The standard InChI is InChI=1S/C19H20BrNO3/c1-13(15-6-4-3-5-7-15)11-19(23)24-12-18(22)21-17-9-8-16(20)10-14(17)2/h3-10,13H,11-12H2,1-2H3,(H,21,22)/t13-/m1/s1. The molecule has 1 N–H and O–H groups in total. The molecule has 2 aromatic carbocycles. The van der Waals surface area contributed by atoms with E-state index in [0.717, 1.165) is 15.6 Å². The summed E-state index contributed by atoms with van der Waals surface area (Å²) in [7, 11) is 0. The summed E-state index contributed by atoms with van der Waals surface area (Å²) < 4.78 is 6.02. The number of rotatable bonds is 6. The molecule has 0 fully saturated rings. The second kappa shape index (κ2) is 8.64. The van der Waals surface area contributed by atoms with Crippen LogP contribution in [-0.4, -0.2) is 18.5 Å². The summed E-state index contributed by atoms with van der Waals surface area (Å²) in [4.78, 5) is 23.8.